The maximum Gasteiger partial charge on any atom is 0.226 e. The summed E-state index contributed by atoms with van der Waals surface area (Å²) in [5, 5.41) is 4.09. The molecule has 1 heterocycles. The predicted octanol–water partition coefficient (Wildman–Crippen LogP) is 2.32. The summed E-state index contributed by atoms with van der Waals surface area (Å²) in [5.74, 6) is 0.892. The summed E-state index contributed by atoms with van der Waals surface area (Å²) in [6.07, 6.45) is 0.405. The smallest absolute Gasteiger partial charge is 0.226 e. The molecule has 0 aliphatic carbocycles. The standard InChI is InChI=1S/C15H21ClN2O2/c1-11-9-18(10-12(2)17-11)15(19)7-8-20-14-5-3-13(16)4-6-14/h3-6,11-12,17H,7-10H2,1-2H3. The van der Waals surface area contributed by atoms with Crippen LogP contribution < -0.4 is 10.1 Å². The Bertz CT molecular complexity index is 440. The molecule has 1 fully saturated rings. The highest BCUT2D eigenvalue weighted by molar-refractivity contribution is 6.30. The number of carbonyl (C=O) groups is 1. The maximum atomic E-state index is 12.1. The molecule has 20 heavy (non-hydrogen) atoms. The molecule has 4 nitrogen and oxygen atoms in total. The first-order valence-corrected chi connectivity index (χ1v) is 7.34. The number of nitrogens with zero attached hydrogens (tertiary/aromatic N) is 1. The van der Waals surface area contributed by atoms with E-state index in [4.69, 9.17) is 16.3 Å². The molecule has 1 aliphatic heterocycles. The molecular weight excluding hydrogens is 276 g/mol. The van der Waals surface area contributed by atoms with E-state index in [2.05, 4.69) is 19.2 Å². The Labute approximate surface area is 125 Å². The van der Waals surface area contributed by atoms with Gasteiger partial charge in [-0.1, -0.05) is 11.6 Å². The molecular formula is C15H21ClN2O2. The van der Waals surface area contributed by atoms with Crippen molar-refractivity contribution in [2.75, 3.05) is 19.7 Å². The third-order valence-electron chi connectivity index (χ3n) is 3.31. The second-order valence-corrected chi connectivity index (χ2v) is 5.76. The lowest BCUT2D eigenvalue weighted by Crippen LogP contribution is -2.56. The van der Waals surface area contributed by atoms with Crippen LogP contribution in [0.1, 0.15) is 20.3 Å². The molecule has 0 radical (unpaired) electrons. The van der Waals surface area contributed by atoms with Gasteiger partial charge in [-0.2, -0.15) is 0 Å². The normalized spacial score (nSPS) is 22.6. The van der Waals surface area contributed by atoms with E-state index in [1.165, 1.54) is 0 Å². The summed E-state index contributed by atoms with van der Waals surface area (Å²) in [6, 6.07) is 7.86. The molecule has 0 saturated carbocycles. The van der Waals surface area contributed by atoms with Gasteiger partial charge in [0.1, 0.15) is 5.75 Å². The first-order chi connectivity index (χ1) is 9.54. The number of piperazine rings is 1. The molecule has 2 atom stereocenters. The lowest BCUT2D eigenvalue weighted by Gasteiger charge is -2.36. The van der Waals surface area contributed by atoms with Gasteiger partial charge >= 0.3 is 0 Å². The minimum atomic E-state index is 0.152. The van der Waals surface area contributed by atoms with Crippen LogP contribution in [0, 0.1) is 0 Å². The van der Waals surface area contributed by atoms with Crippen LogP contribution in [0.5, 0.6) is 5.75 Å². The van der Waals surface area contributed by atoms with Gasteiger partial charge in [0.05, 0.1) is 13.0 Å². The molecule has 5 heteroatoms. The quantitative estimate of drug-likeness (QED) is 0.927. The van der Waals surface area contributed by atoms with Gasteiger partial charge in [0, 0.05) is 30.2 Å². The highest BCUT2D eigenvalue weighted by atomic mass is 35.5. The maximum absolute atomic E-state index is 12.1. The van der Waals surface area contributed by atoms with Gasteiger partial charge in [0.25, 0.3) is 0 Å². The van der Waals surface area contributed by atoms with Crippen molar-refractivity contribution in [1.82, 2.24) is 10.2 Å². The fraction of sp³-hybridized carbons (Fsp3) is 0.533. The van der Waals surface area contributed by atoms with Gasteiger partial charge < -0.3 is 15.0 Å². The summed E-state index contributed by atoms with van der Waals surface area (Å²) in [4.78, 5) is 14.0. The van der Waals surface area contributed by atoms with Crippen molar-refractivity contribution in [3.63, 3.8) is 0 Å². The van der Waals surface area contributed by atoms with E-state index in [9.17, 15) is 4.79 Å². The molecule has 1 N–H and O–H groups in total. The van der Waals surface area contributed by atoms with Crippen molar-refractivity contribution in [2.24, 2.45) is 0 Å². The summed E-state index contributed by atoms with van der Waals surface area (Å²) < 4.78 is 5.55. The van der Waals surface area contributed by atoms with Crippen LogP contribution in [0.3, 0.4) is 0 Å². The predicted molar refractivity (Wildman–Crippen MR) is 80.2 cm³/mol. The fourth-order valence-electron chi connectivity index (χ4n) is 2.48. The first-order valence-electron chi connectivity index (χ1n) is 6.97. The van der Waals surface area contributed by atoms with Gasteiger partial charge in [-0.05, 0) is 38.1 Å². The molecule has 1 aromatic rings. The van der Waals surface area contributed by atoms with Crippen LogP contribution in [0.2, 0.25) is 5.02 Å². The van der Waals surface area contributed by atoms with E-state index < -0.39 is 0 Å². The first kappa shape index (κ1) is 15.1. The fourth-order valence-corrected chi connectivity index (χ4v) is 2.60. The van der Waals surface area contributed by atoms with E-state index in [1.54, 1.807) is 12.1 Å². The van der Waals surface area contributed by atoms with Gasteiger partial charge in [-0.15, -0.1) is 0 Å². The van der Waals surface area contributed by atoms with E-state index >= 15 is 0 Å². The molecule has 110 valence electrons. The lowest BCUT2D eigenvalue weighted by atomic mass is 10.1. The minimum Gasteiger partial charge on any atom is -0.493 e. The average Bonchev–Trinajstić information content (AvgIpc) is 2.40. The second kappa shape index (κ2) is 6.95. The van der Waals surface area contributed by atoms with Crippen LogP contribution >= 0.6 is 11.6 Å². The number of hydrogen-bond acceptors (Lipinski definition) is 3. The topological polar surface area (TPSA) is 41.6 Å². The zero-order valence-corrected chi connectivity index (χ0v) is 12.7. The van der Waals surface area contributed by atoms with E-state index in [-0.39, 0.29) is 5.91 Å². The van der Waals surface area contributed by atoms with Crippen LogP contribution in [-0.4, -0.2) is 42.6 Å². The second-order valence-electron chi connectivity index (χ2n) is 5.32. The number of carbonyl (C=O) groups excluding carboxylic acids is 1. The molecule has 2 unspecified atom stereocenters. The highest BCUT2D eigenvalue weighted by Gasteiger charge is 2.24. The molecule has 1 amide bonds. The third kappa shape index (κ3) is 4.39. The Balaban J connectivity index is 1.76. The number of benzene rings is 1. The summed E-state index contributed by atoms with van der Waals surface area (Å²) >= 11 is 5.80. The number of hydrogen-bond donors (Lipinski definition) is 1. The summed E-state index contributed by atoms with van der Waals surface area (Å²) in [5.41, 5.74) is 0. The molecule has 0 aromatic heterocycles. The number of amides is 1. The molecule has 1 aromatic carbocycles. The van der Waals surface area contributed by atoms with Crippen molar-refractivity contribution in [1.29, 1.82) is 0 Å². The Hall–Kier alpha value is -1.26. The summed E-state index contributed by atoms with van der Waals surface area (Å²) in [7, 11) is 0. The average molecular weight is 297 g/mol. The molecule has 2 rings (SSSR count). The van der Waals surface area contributed by atoms with Crippen molar-refractivity contribution < 1.29 is 9.53 Å². The molecule has 0 spiro atoms. The van der Waals surface area contributed by atoms with Crippen LogP contribution in [0.25, 0.3) is 0 Å². The van der Waals surface area contributed by atoms with E-state index in [0.29, 0.717) is 30.1 Å². The van der Waals surface area contributed by atoms with Crippen LogP contribution in [0.15, 0.2) is 24.3 Å². The Morgan fingerprint density at radius 3 is 2.50 bits per heavy atom. The van der Waals surface area contributed by atoms with Crippen LogP contribution in [0.4, 0.5) is 0 Å². The number of ether oxygens (including phenoxy) is 1. The number of nitrogens with one attached hydrogen (secondary N) is 1. The number of halogens is 1. The van der Waals surface area contributed by atoms with E-state index in [0.717, 1.165) is 18.8 Å². The zero-order valence-electron chi connectivity index (χ0n) is 11.9. The third-order valence-corrected chi connectivity index (χ3v) is 3.56. The number of rotatable bonds is 4. The zero-order chi connectivity index (χ0) is 14.5. The van der Waals surface area contributed by atoms with Crippen molar-refractivity contribution >= 4 is 17.5 Å². The van der Waals surface area contributed by atoms with Gasteiger partial charge in [-0.25, -0.2) is 0 Å². The monoisotopic (exact) mass is 296 g/mol. The van der Waals surface area contributed by atoms with Crippen LogP contribution in [-0.2, 0) is 4.79 Å². The highest BCUT2D eigenvalue weighted by Crippen LogP contribution is 2.15. The Morgan fingerprint density at radius 2 is 1.90 bits per heavy atom. The van der Waals surface area contributed by atoms with Crippen molar-refractivity contribution in [2.45, 2.75) is 32.4 Å². The summed E-state index contributed by atoms with van der Waals surface area (Å²) in [6.45, 7) is 6.13. The Morgan fingerprint density at radius 1 is 1.30 bits per heavy atom. The van der Waals surface area contributed by atoms with E-state index in [1.807, 2.05) is 17.0 Å². The minimum absolute atomic E-state index is 0.152. The van der Waals surface area contributed by atoms with Gasteiger partial charge in [0.2, 0.25) is 5.91 Å². The largest absolute Gasteiger partial charge is 0.493 e. The van der Waals surface area contributed by atoms with Crippen molar-refractivity contribution in [3.05, 3.63) is 29.3 Å². The molecule has 0 bridgehead atoms. The van der Waals surface area contributed by atoms with Gasteiger partial charge in [-0.3, -0.25) is 4.79 Å². The Kier molecular flexibility index (Phi) is 5.26. The van der Waals surface area contributed by atoms with Gasteiger partial charge in [0.15, 0.2) is 0 Å². The molecule has 1 saturated heterocycles. The van der Waals surface area contributed by atoms with Crippen molar-refractivity contribution in [3.8, 4) is 5.75 Å². The SMILES string of the molecule is CC1CN(C(=O)CCOc2ccc(Cl)cc2)CC(C)N1. The molecule has 1 aliphatic rings. The lowest BCUT2D eigenvalue weighted by molar-refractivity contribution is -0.133.